The average Bonchev–Trinajstić information content (AvgIpc) is 2.45. The van der Waals surface area contributed by atoms with Gasteiger partial charge in [-0.15, -0.1) is 0 Å². The van der Waals surface area contributed by atoms with E-state index in [-0.39, 0.29) is 18.6 Å². The Labute approximate surface area is 124 Å². The van der Waals surface area contributed by atoms with Gasteiger partial charge in [-0.05, 0) is 20.0 Å². The third-order valence-electron chi connectivity index (χ3n) is 3.67. The lowest BCUT2D eigenvalue weighted by molar-refractivity contribution is -0.134. The van der Waals surface area contributed by atoms with Crippen LogP contribution in [0.5, 0.6) is 5.75 Å². The maximum absolute atomic E-state index is 13.3. The second-order valence-corrected chi connectivity index (χ2v) is 5.44. The lowest BCUT2D eigenvalue weighted by Gasteiger charge is -2.32. The molecule has 0 unspecified atom stereocenters. The highest BCUT2D eigenvalue weighted by Crippen LogP contribution is 2.24. The number of likely N-dealkylation sites (N-methyl/N-ethyl adjacent to an activating group) is 1. The predicted octanol–water partition coefficient (Wildman–Crippen LogP) is 0.998. The lowest BCUT2D eigenvalue weighted by Crippen LogP contribution is -2.48. The molecule has 21 heavy (non-hydrogen) atoms. The van der Waals surface area contributed by atoms with Gasteiger partial charge in [0.25, 0.3) is 5.91 Å². The van der Waals surface area contributed by atoms with Crippen molar-refractivity contribution in [2.75, 3.05) is 39.8 Å². The van der Waals surface area contributed by atoms with Crippen molar-refractivity contribution in [2.24, 2.45) is 5.73 Å². The Balaban J connectivity index is 1.96. The Morgan fingerprint density at radius 2 is 2.05 bits per heavy atom. The molecule has 0 spiro atoms. The molecule has 0 saturated carbocycles. The number of ether oxygens (including phenoxy) is 1. The quantitative estimate of drug-likeness (QED) is 0.900. The number of halogens is 1. The topological polar surface area (TPSA) is 58.8 Å². The van der Waals surface area contributed by atoms with E-state index in [2.05, 4.69) is 4.90 Å². The van der Waals surface area contributed by atoms with Crippen molar-refractivity contribution >= 4 is 5.91 Å². The van der Waals surface area contributed by atoms with Gasteiger partial charge >= 0.3 is 0 Å². The summed E-state index contributed by atoms with van der Waals surface area (Å²) in [5, 5.41) is 0. The molecule has 116 valence electrons. The maximum atomic E-state index is 13.3. The molecule has 1 fully saturated rings. The minimum atomic E-state index is -0.401. The number of carbonyl (C=O) groups is 1. The Morgan fingerprint density at radius 3 is 2.67 bits per heavy atom. The zero-order valence-electron chi connectivity index (χ0n) is 12.5. The molecule has 0 radical (unpaired) electrons. The number of piperazine rings is 1. The highest BCUT2D eigenvalue weighted by Gasteiger charge is 2.20. The van der Waals surface area contributed by atoms with Gasteiger partial charge in [0.05, 0.1) is 0 Å². The summed E-state index contributed by atoms with van der Waals surface area (Å²) < 4.78 is 18.8. The Bertz CT molecular complexity index is 500. The number of amides is 1. The summed E-state index contributed by atoms with van der Waals surface area (Å²) in [7, 11) is 2.03. The van der Waals surface area contributed by atoms with Gasteiger partial charge in [-0.25, -0.2) is 4.39 Å². The molecule has 1 atom stereocenters. The van der Waals surface area contributed by atoms with Gasteiger partial charge < -0.3 is 20.3 Å². The first kappa shape index (κ1) is 15.7. The van der Waals surface area contributed by atoms with Crippen LogP contribution in [0.1, 0.15) is 18.5 Å². The smallest absolute Gasteiger partial charge is 0.260 e. The van der Waals surface area contributed by atoms with Crippen LogP contribution in [-0.2, 0) is 4.79 Å². The van der Waals surface area contributed by atoms with Crippen LogP contribution < -0.4 is 10.5 Å². The number of hydrogen-bond donors (Lipinski definition) is 1. The van der Waals surface area contributed by atoms with E-state index in [1.807, 2.05) is 7.05 Å². The maximum Gasteiger partial charge on any atom is 0.260 e. The van der Waals surface area contributed by atoms with E-state index in [9.17, 15) is 9.18 Å². The van der Waals surface area contributed by atoms with Crippen LogP contribution in [0.4, 0.5) is 4.39 Å². The summed E-state index contributed by atoms with van der Waals surface area (Å²) in [5.74, 6) is -0.142. The summed E-state index contributed by atoms with van der Waals surface area (Å²) in [6.07, 6.45) is 0. The van der Waals surface area contributed by atoms with Crippen molar-refractivity contribution in [2.45, 2.75) is 13.0 Å². The van der Waals surface area contributed by atoms with Gasteiger partial charge in [-0.3, -0.25) is 4.79 Å². The van der Waals surface area contributed by atoms with Crippen molar-refractivity contribution in [3.8, 4) is 5.75 Å². The molecule has 1 amide bonds. The summed E-state index contributed by atoms with van der Waals surface area (Å²) in [6.45, 7) is 4.81. The Kier molecular flexibility index (Phi) is 5.14. The fourth-order valence-corrected chi connectivity index (χ4v) is 2.30. The van der Waals surface area contributed by atoms with Gasteiger partial charge in [-0.1, -0.05) is 6.07 Å². The normalized spacial score (nSPS) is 17.6. The molecular weight excluding hydrogens is 273 g/mol. The number of benzene rings is 1. The third-order valence-corrected chi connectivity index (χ3v) is 3.67. The van der Waals surface area contributed by atoms with E-state index in [0.717, 1.165) is 13.1 Å². The van der Waals surface area contributed by atoms with Crippen LogP contribution in [-0.4, -0.2) is 55.5 Å². The molecule has 2 rings (SSSR count). The monoisotopic (exact) mass is 295 g/mol. The van der Waals surface area contributed by atoms with Crippen molar-refractivity contribution in [3.05, 3.63) is 29.6 Å². The predicted molar refractivity (Wildman–Crippen MR) is 78.6 cm³/mol. The largest absolute Gasteiger partial charge is 0.483 e. The highest BCUT2D eigenvalue weighted by atomic mass is 19.1. The molecule has 1 aromatic rings. The van der Waals surface area contributed by atoms with Crippen LogP contribution in [0.15, 0.2) is 18.2 Å². The van der Waals surface area contributed by atoms with Crippen molar-refractivity contribution in [3.63, 3.8) is 0 Å². The average molecular weight is 295 g/mol. The van der Waals surface area contributed by atoms with Crippen LogP contribution in [0.2, 0.25) is 0 Å². The van der Waals surface area contributed by atoms with Crippen molar-refractivity contribution in [1.29, 1.82) is 0 Å². The highest BCUT2D eigenvalue weighted by molar-refractivity contribution is 5.78. The molecule has 1 heterocycles. The van der Waals surface area contributed by atoms with Crippen molar-refractivity contribution < 1.29 is 13.9 Å². The fraction of sp³-hybridized carbons (Fsp3) is 0.533. The number of nitrogens with zero attached hydrogens (tertiary/aromatic N) is 2. The van der Waals surface area contributed by atoms with Crippen LogP contribution in [0.3, 0.4) is 0 Å². The van der Waals surface area contributed by atoms with Crippen LogP contribution in [0.25, 0.3) is 0 Å². The third kappa shape index (κ3) is 4.15. The summed E-state index contributed by atoms with van der Waals surface area (Å²) in [5.41, 5.74) is 6.52. The summed E-state index contributed by atoms with van der Waals surface area (Å²) in [6, 6.07) is 3.93. The first-order chi connectivity index (χ1) is 9.97. The second-order valence-electron chi connectivity index (χ2n) is 5.44. The molecule has 1 saturated heterocycles. The van der Waals surface area contributed by atoms with Gasteiger partial charge in [0, 0.05) is 43.9 Å². The standard InChI is InChI=1S/C15H22FN3O2/c1-11(17)13-4-3-12(16)9-14(13)21-10-15(20)19-7-5-18(2)6-8-19/h3-4,9,11H,5-8,10,17H2,1-2H3/t11-/m0/s1. The van der Waals surface area contributed by atoms with Crippen LogP contribution in [0, 0.1) is 5.82 Å². The van der Waals surface area contributed by atoms with E-state index >= 15 is 0 Å². The zero-order valence-corrected chi connectivity index (χ0v) is 12.5. The number of carbonyl (C=O) groups excluding carboxylic acids is 1. The zero-order chi connectivity index (χ0) is 15.4. The van der Waals surface area contributed by atoms with E-state index in [1.165, 1.54) is 12.1 Å². The number of rotatable bonds is 4. The molecule has 0 bridgehead atoms. The first-order valence-corrected chi connectivity index (χ1v) is 7.11. The van der Waals surface area contributed by atoms with E-state index in [4.69, 9.17) is 10.5 Å². The molecule has 1 aliphatic rings. The summed E-state index contributed by atoms with van der Waals surface area (Å²) >= 11 is 0. The number of hydrogen-bond acceptors (Lipinski definition) is 4. The SMILES string of the molecule is C[C@H](N)c1ccc(F)cc1OCC(=O)N1CCN(C)CC1. The Morgan fingerprint density at radius 1 is 1.38 bits per heavy atom. The lowest BCUT2D eigenvalue weighted by atomic mass is 10.1. The minimum Gasteiger partial charge on any atom is -0.483 e. The van der Waals surface area contributed by atoms with E-state index in [0.29, 0.717) is 24.4 Å². The van der Waals surface area contributed by atoms with E-state index < -0.39 is 5.82 Å². The van der Waals surface area contributed by atoms with Gasteiger partial charge in [0.2, 0.25) is 0 Å². The summed E-state index contributed by atoms with van der Waals surface area (Å²) in [4.78, 5) is 16.0. The minimum absolute atomic E-state index is 0.0806. The van der Waals surface area contributed by atoms with Gasteiger partial charge in [0.1, 0.15) is 11.6 Å². The molecule has 6 heteroatoms. The molecule has 1 aromatic carbocycles. The first-order valence-electron chi connectivity index (χ1n) is 7.11. The van der Waals surface area contributed by atoms with Crippen molar-refractivity contribution in [1.82, 2.24) is 9.80 Å². The second kappa shape index (κ2) is 6.87. The van der Waals surface area contributed by atoms with Gasteiger partial charge in [-0.2, -0.15) is 0 Å². The molecule has 0 aliphatic carbocycles. The van der Waals surface area contributed by atoms with Gasteiger partial charge in [0.15, 0.2) is 6.61 Å². The molecule has 5 nitrogen and oxygen atoms in total. The number of nitrogens with two attached hydrogens (primary N) is 1. The van der Waals surface area contributed by atoms with E-state index in [1.54, 1.807) is 17.9 Å². The molecule has 0 aromatic heterocycles. The fourth-order valence-electron chi connectivity index (χ4n) is 2.30. The molecule has 1 aliphatic heterocycles. The molecular formula is C15H22FN3O2. The molecule has 2 N–H and O–H groups in total. The Hall–Kier alpha value is -1.66. The van der Waals surface area contributed by atoms with Crippen LogP contribution >= 0.6 is 0 Å².